The van der Waals surface area contributed by atoms with Crippen LogP contribution < -0.4 is 19.3 Å². The van der Waals surface area contributed by atoms with Crippen molar-refractivity contribution >= 4 is 37.8 Å². The smallest absolute Gasteiger partial charge is 0.329 e. The molecule has 7 nitrogen and oxygen atoms in total. The number of amides is 2. The highest BCUT2D eigenvalue weighted by Crippen LogP contribution is 2.41. The van der Waals surface area contributed by atoms with Gasteiger partial charge < -0.3 is 14.9 Å². The maximum absolute atomic E-state index is 15.0. The molecule has 0 aliphatic carbocycles. The SMILES string of the molecule is CCN1C(=O)N(c2c(F)c(OC)cc(OC)c2F)Cc2cnc(/C(C=N)=C/PC)cc21. The molecule has 1 N–H and O–H groups in total. The molecule has 0 radical (unpaired) electrons. The van der Waals surface area contributed by atoms with Crippen LogP contribution in [0.1, 0.15) is 18.2 Å². The fourth-order valence-corrected chi connectivity index (χ4v) is 3.97. The van der Waals surface area contributed by atoms with E-state index < -0.39 is 23.4 Å². The van der Waals surface area contributed by atoms with Crippen LogP contribution in [-0.4, -0.2) is 44.7 Å². The molecule has 0 saturated carbocycles. The summed E-state index contributed by atoms with van der Waals surface area (Å²) in [7, 11) is 2.99. The maximum Gasteiger partial charge on any atom is 0.329 e. The van der Waals surface area contributed by atoms with Gasteiger partial charge in [-0.05, 0) is 19.7 Å². The quantitative estimate of drug-likeness (QED) is 0.494. The number of anilines is 2. The van der Waals surface area contributed by atoms with Crippen molar-refractivity contribution < 1.29 is 23.0 Å². The average Bonchev–Trinajstić information content (AvgIpc) is 2.78. The molecule has 164 valence electrons. The molecule has 2 heterocycles. The number of nitrogens with zero attached hydrogens (tertiary/aromatic N) is 3. The highest BCUT2D eigenvalue weighted by atomic mass is 31.1. The molecule has 0 bridgehead atoms. The first-order valence-electron chi connectivity index (χ1n) is 9.47. The van der Waals surface area contributed by atoms with E-state index in [1.54, 1.807) is 19.2 Å². The van der Waals surface area contributed by atoms with E-state index in [0.29, 0.717) is 31.1 Å². The van der Waals surface area contributed by atoms with Crippen molar-refractivity contribution in [1.82, 2.24) is 4.98 Å². The summed E-state index contributed by atoms with van der Waals surface area (Å²) >= 11 is 0. The van der Waals surface area contributed by atoms with Gasteiger partial charge in [0.05, 0.1) is 32.1 Å². The van der Waals surface area contributed by atoms with Gasteiger partial charge in [-0.3, -0.25) is 14.8 Å². The number of urea groups is 1. The second-order valence-corrected chi connectivity index (χ2v) is 7.47. The van der Waals surface area contributed by atoms with Gasteiger partial charge in [0, 0.05) is 36.2 Å². The van der Waals surface area contributed by atoms with Crippen LogP contribution in [0.15, 0.2) is 24.1 Å². The third-order valence-corrected chi connectivity index (χ3v) is 5.53. The Morgan fingerprint density at radius 1 is 1.26 bits per heavy atom. The third kappa shape index (κ3) is 3.97. The average molecular weight is 448 g/mol. The lowest BCUT2D eigenvalue weighted by Gasteiger charge is -2.37. The normalized spacial score (nSPS) is 14.3. The highest BCUT2D eigenvalue weighted by molar-refractivity contribution is 7.41. The number of fused-ring (bicyclic) bond motifs is 1. The van der Waals surface area contributed by atoms with E-state index in [-0.39, 0.29) is 24.6 Å². The van der Waals surface area contributed by atoms with Crippen molar-refractivity contribution in [1.29, 1.82) is 5.41 Å². The van der Waals surface area contributed by atoms with Crippen LogP contribution in [0.5, 0.6) is 11.5 Å². The molecular formula is C21H23F2N4O3P. The lowest BCUT2D eigenvalue weighted by atomic mass is 10.1. The zero-order chi connectivity index (χ0) is 22.7. The minimum Gasteiger partial charge on any atom is -0.493 e. The Labute approximate surface area is 181 Å². The van der Waals surface area contributed by atoms with E-state index in [0.717, 1.165) is 11.0 Å². The molecule has 1 aliphatic rings. The molecule has 1 aromatic carbocycles. The number of hydrogen-bond acceptors (Lipinski definition) is 5. The van der Waals surface area contributed by atoms with Gasteiger partial charge in [-0.1, -0.05) is 5.82 Å². The van der Waals surface area contributed by atoms with E-state index in [1.807, 2.05) is 12.5 Å². The Hall–Kier alpha value is -3.06. The molecule has 1 atom stereocenters. The summed E-state index contributed by atoms with van der Waals surface area (Å²) < 4.78 is 40.1. The van der Waals surface area contributed by atoms with Crippen molar-refractivity contribution in [3.8, 4) is 11.5 Å². The Balaban J connectivity index is 2.15. The summed E-state index contributed by atoms with van der Waals surface area (Å²) in [5.74, 6) is -0.552. The summed E-state index contributed by atoms with van der Waals surface area (Å²) in [6.45, 7) is 3.94. The van der Waals surface area contributed by atoms with Gasteiger partial charge in [-0.15, -0.1) is 8.58 Å². The van der Waals surface area contributed by atoms with E-state index in [9.17, 15) is 4.79 Å². The van der Waals surface area contributed by atoms with Crippen LogP contribution in [0.4, 0.5) is 25.0 Å². The molecule has 1 aliphatic heterocycles. The van der Waals surface area contributed by atoms with Gasteiger partial charge in [-0.2, -0.15) is 0 Å². The van der Waals surface area contributed by atoms with E-state index in [2.05, 4.69) is 4.98 Å². The van der Waals surface area contributed by atoms with E-state index in [4.69, 9.17) is 14.9 Å². The zero-order valence-corrected chi connectivity index (χ0v) is 18.6. The summed E-state index contributed by atoms with van der Waals surface area (Å²) in [5, 5.41) is 7.62. The van der Waals surface area contributed by atoms with Crippen LogP contribution in [0.25, 0.3) is 5.57 Å². The lowest BCUT2D eigenvalue weighted by molar-refractivity contribution is 0.249. The van der Waals surface area contributed by atoms with Crippen molar-refractivity contribution in [3.05, 3.63) is 47.0 Å². The third-order valence-electron chi connectivity index (χ3n) is 4.93. The minimum absolute atomic E-state index is 0.0821. The number of benzene rings is 1. The first-order valence-corrected chi connectivity index (χ1v) is 11.1. The van der Waals surface area contributed by atoms with Gasteiger partial charge in [0.2, 0.25) is 0 Å². The molecule has 10 heteroatoms. The summed E-state index contributed by atoms with van der Waals surface area (Å²) in [6, 6.07) is 2.24. The number of carbonyl (C=O) groups is 1. The van der Waals surface area contributed by atoms with Gasteiger partial charge in [-0.25, -0.2) is 13.6 Å². The van der Waals surface area contributed by atoms with Gasteiger partial charge in [0.25, 0.3) is 0 Å². The summed E-state index contributed by atoms with van der Waals surface area (Å²) in [5.41, 5.74) is 1.87. The van der Waals surface area contributed by atoms with E-state index >= 15 is 8.78 Å². The second kappa shape index (κ2) is 9.39. The number of carbonyl (C=O) groups excluding carboxylic acids is 1. The summed E-state index contributed by atoms with van der Waals surface area (Å²) in [4.78, 5) is 20.1. The molecule has 2 aromatic rings. The first-order chi connectivity index (χ1) is 14.9. The lowest BCUT2D eigenvalue weighted by Crippen LogP contribution is -2.48. The predicted octanol–water partition coefficient (Wildman–Crippen LogP) is 4.64. The Bertz CT molecular complexity index is 1030. The van der Waals surface area contributed by atoms with Crippen molar-refractivity contribution in [3.63, 3.8) is 0 Å². The summed E-state index contributed by atoms with van der Waals surface area (Å²) in [6.07, 6.45) is 2.78. The van der Waals surface area contributed by atoms with Crippen LogP contribution in [0.2, 0.25) is 0 Å². The fourth-order valence-electron chi connectivity index (χ4n) is 3.43. The molecule has 0 spiro atoms. The number of allylic oxidation sites excluding steroid dienone is 1. The monoisotopic (exact) mass is 448 g/mol. The van der Waals surface area contributed by atoms with Crippen molar-refractivity contribution in [2.24, 2.45) is 0 Å². The van der Waals surface area contributed by atoms with Crippen molar-refractivity contribution in [2.45, 2.75) is 13.5 Å². The number of nitrogens with one attached hydrogen (secondary N) is 1. The molecule has 2 amide bonds. The van der Waals surface area contributed by atoms with Crippen LogP contribution in [0, 0.1) is 17.0 Å². The zero-order valence-electron chi connectivity index (χ0n) is 17.6. The Kier molecular flexibility index (Phi) is 6.85. The number of hydrogen-bond donors (Lipinski definition) is 1. The molecule has 0 saturated heterocycles. The molecular weight excluding hydrogens is 425 g/mol. The molecule has 0 fully saturated rings. The Morgan fingerprint density at radius 2 is 1.90 bits per heavy atom. The minimum atomic E-state index is -0.990. The van der Waals surface area contributed by atoms with Crippen LogP contribution >= 0.6 is 8.58 Å². The first kappa shape index (κ1) is 22.6. The standard InChI is InChI=1S/C21H23F2N4O3P/c1-5-26-15-6-14(12(8-24)11-31-4)25-9-13(15)10-27(21(26)28)20-18(22)16(29-2)7-17(30-3)19(20)23/h6-9,11,24,31H,5,10H2,1-4H3/b12-11+,24-8?. The topological polar surface area (TPSA) is 78.8 Å². The molecule has 1 unspecified atom stereocenters. The maximum atomic E-state index is 15.0. The number of halogens is 2. The Morgan fingerprint density at radius 3 is 2.42 bits per heavy atom. The predicted molar refractivity (Wildman–Crippen MR) is 119 cm³/mol. The largest absolute Gasteiger partial charge is 0.493 e. The highest BCUT2D eigenvalue weighted by Gasteiger charge is 2.36. The van der Waals surface area contributed by atoms with Gasteiger partial charge in [0.15, 0.2) is 23.1 Å². The number of methoxy groups -OCH3 is 2. The number of aromatic nitrogens is 1. The van der Waals surface area contributed by atoms with Crippen LogP contribution in [0.3, 0.4) is 0 Å². The number of ether oxygens (including phenoxy) is 2. The molecule has 31 heavy (non-hydrogen) atoms. The molecule has 1 aromatic heterocycles. The number of pyridine rings is 1. The fraction of sp³-hybridized carbons (Fsp3) is 0.286. The van der Waals surface area contributed by atoms with Gasteiger partial charge in [0.1, 0.15) is 5.69 Å². The van der Waals surface area contributed by atoms with Crippen LogP contribution in [-0.2, 0) is 6.54 Å². The molecule has 3 rings (SSSR count). The van der Waals surface area contributed by atoms with Crippen molar-refractivity contribution in [2.75, 3.05) is 37.2 Å². The van der Waals surface area contributed by atoms with Gasteiger partial charge >= 0.3 is 6.03 Å². The van der Waals surface area contributed by atoms with E-state index in [1.165, 1.54) is 25.3 Å². The number of rotatable bonds is 7. The second-order valence-electron chi connectivity index (χ2n) is 6.60.